The van der Waals surface area contributed by atoms with Crippen molar-refractivity contribution in [3.63, 3.8) is 0 Å². The van der Waals surface area contributed by atoms with E-state index in [2.05, 4.69) is 4.98 Å². The van der Waals surface area contributed by atoms with Crippen LogP contribution in [0.25, 0.3) is 0 Å². The number of hydrogen-bond donors (Lipinski definition) is 1. The maximum absolute atomic E-state index is 12.3. The smallest absolute Gasteiger partial charge is 0.266 e. The second kappa shape index (κ2) is 4.07. The highest BCUT2D eigenvalue weighted by atomic mass is 35.5. The first-order chi connectivity index (χ1) is 6.06. The highest BCUT2D eigenvalue weighted by Gasteiger charge is 2.15. The van der Waals surface area contributed by atoms with Gasteiger partial charge < -0.3 is 5.73 Å². The normalized spacial score (nSPS) is 10.8. The van der Waals surface area contributed by atoms with Crippen LogP contribution in [0.5, 0.6) is 0 Å². The van der Waals surface area contributed by atoms with Crippen LogP contribution in [0, 0.1) is 0 Å². The maximum atomic E-state index is 12.3. The first-order valence-electron chi connectivity index (χ1n) is 3.35. The average Bonchev–Trinajstić information content (AvgIpc) is 2.09. The Morgan fingerprint density at radius 3 is 2.62 bits per heavy atom. The van der Waals surface area contributed by atoms with Crippen molar-refractivity contribution in [3.8, 4) is 0 Å². The molecule has 6 heteroatoms. The fourth-order valence-corrected chi connectivity index (χ4v) is 1.20. The Hall–Kier alpha value is -0.610. The van der Waals surface area contributed by atoms with Crippen molar-refractivity contribution in [2.24, 2.45) is 0 Å². The van der Waals surface area contributed by atoms with Crippen molar-refractivity contribution in [3.05, 3.63) is 22.5 Å². The van der Waals surface area contributed by atoms with Gasteiger partial charge in [-0.3, -0.25) is 0 Å². The number of pyridine rings is 1. The molecule has 0 bridgehead atoms. The van der Waals surface area contributed by atoms with Gasteiger partial charge in [-0.05, 0) is 6.07 Å². The number of alkyl halides is 3. The van der Waals surface area contributed by atoms with E-state index in [1.807, 2.05) is 0 Å². The molecule has 1 rings (SSSR count). The Labute approximate surface area is 83.7 Å². The van der Waals surface area contributed by atoms with Crippen LogP contribution in [0.4, 0.5) is 14.5 Å². The predicted octanol–water partition coefficient (Wildman–Crippen LogP) is 2.99. The number of halogens is 4. The molecule has 0 fully saturated rings. The summed E-state index contributed by atoms with van der Waals surface area (Å²) in [5.41, 5.74) is 5.06. The lowest BCUT2D eigenvalue weighted by molar-refractivity contribution is 0.152. The Bertz CT molecular complexity index is 318. The number of hydrogen-bond acceptors (Lipinski definition) is 2. The van der Waals surface area contributed by atoms with Crippen LogP contribution in [0.3, 0.4) is 0 Å². The molecule has 0 unspecified atom stereocenters. The van der Waals surface area contributed by atoms with Gasteiger partial charge in [0.15, 0.2) is 5.15 Å². The van der Waals surface area contributed by atoms with Gasteiger partial charge in [0.05, 0.1) is 17.3 Å². The summed E-state index contributed by atoms with van der Waals surface area (Å²) in [7, 11) is 0. The van der Waals surface area contributed by atoms with Crippen LogP contribution >= 0.6 is 23.2 Å². The van der Waals surface area contributed by atoms with Crippen LogP contribution in [0.1, 0.15) is 17.7 Å². The maximum Gasteiger partial charge on any atom is 0.266 e. The summed E-state index contributed by atoms with van der Waals surface area (Å²) in [6.45, 7) is 0. The number of rotatable bonds is 2. The third-order valence-corrected chi connectivity index (χ3v) is 2.03. The van der Waals surface area contributed by atoms with Gasteiger partial charge >= 0.3 is 0 Å². The lowest BCUT2D eigenvalue weighted by Gasteiger charge is -2.07. The summed E-state index contributed by atoms with van der Waals surface area (Å²) in [6, 6.07) is 1.15. The summed E-state index contributed by atoms with van der Waals surface area (Å²) in [4.78, 5) is 3.71. The van der Waals surface area contributed by atoms with Gasteiger partial charge in [-0.2, -0.15) is 0 Å². The van der Waals surface area contributed by atoms with Crippen LogP contribution in [-0.2, 0) is 5.88 Å². The van der Waals surface area contributed by atoms with E-state index in [9.17, 15) is 8.78 Å². The standard InChI is InChI=1S/C7H6Cl2F2N2/c8-2-3-1-4(7(10)11)5(12)6(9)13-3/h1,7H,2,12H2. The van der Waals surface area contributed by atoms with E-state index in [1.54, 1.807) is 0 Å². The predicted molar refractivity (Wildman–Crippen MR) is 48.2 cm³/mol. The molecule has 2 nitrogen and oxygen atoms in total. The van der Waals surface area contributed by atoms with Gasteiger partial charge in [-0.1, -0.05) is 11.6 Å². The molecule has 0 amide bonds. The molecule has 13 heavy (non-hydrogen) atoms. The third-order valence-electron chi connectivity index (χ3n) is 1.47. The molecule has 72 valence electrons. The van der Waals surface area contributed by atoms with Gasteiger partial charge in [-0.15, -0.1) is 11.6 Å². The zero-order valence-electron chi connectivity index (χ0n) is 6.40. The van der Waals surface area contributed by atoms with Crippen molar-refractivity contribution < 1.29 is 8.78 Å². The lowest BCUT2D eigenvalue weighted by Crippen LogP contribution is -2.00. The van der Waals surface area contributed by atoms with Crippen LogP contribution in [0.15, 0.2) is 6.07 Å². The minimum Gasteiger partial charge on any atom is -0.396 e. The van der Waals surface area contributed by atoms with E-state index in [4.69, 9.17) is 28.9 Å². The van der Waals surface area contributed by atoms with E-state index >= 15 is 0 Å². The third kappa shape index (κ3) is 2.19. The first kappa shape index (κ1) is 10.5. The molecule has 1 aromatic heterocycles. The number of aromatic nitrogens is 1. The Kier molecular flexibility index (Phi) is 3.27. The van der Waals surface area contributed by atoms with Gasteiger partial charge in [0.1, 0.15) is 0 Å². The topological polar surface area (TPSA) is 38.9 Å². The van der Waals surface area contributed by atoms with Crippen LogP contribution in [-0.4, -0.2) is 4.98 Å². The van der Waals surface area contributed by atoms with Crippen LogP contribution in [0.2, 0.25) is 5.15 Å². The summed E-state index contributed by atoms with van der Waals surface area (Å²) < 4.78 is 24.6. The molecule has 0 spiro atoms. The van der Waals surface area contributed by atoms with Gasteiger partial charge in [0.25, 0.3) is 6.43 Å². The SMILES string of the molecule is Nc1c(C(F)F)cc(CCl)nc1Cl. The average molecular weight is 227 g/mol. The minimum absolute atomic E-state index is 0.0275. The molecule has 0 aliphatic carbocycles. The quantitative estimate of drug-likeness (QED) is 0.622. The molecule has 1 heterocycles. The fraction of sp³-hybridized carbons (Fsp3) is 0.286. The second-order valence-corrected chi connectivity index (χ2v) is 2.97. The van der Waals surface area contributed by atoms with E-state index in [0.717, 1.165) is 6.07 Å². The molecule has 0 aromatic carbocycles. The largest absolute Gasteiger partial charge is 0.396 e. The summed E-state index contributed by atoms with van der Waals surface area (Å²) >= 11 is 10.9. The number of nitrogens with two attached hydrogens (primary N) is 1. The zero-order valence-corrected chi connectivity index (χ0v) is 7.91. The molecule has 0 saturated carbocycles. The second-order valence-electron chi connectivity index (χ2n) is 2.34. The Balaban J connectivity index is 3.25. The van der Waals surface area contributed by atoms with E-state index in [0.29, 0.717) is 0 Å². The number of anilines is 1. The van der Waals surface area contributed by atoms with Crippen molar-refractivity contribution in [1.29, 1.82) is 0 Å². The summed E-state index contributed by atoms with van der Waals surface area (Å²) in [5.74, 6) is 0.0275. The van der Waals surface area contributed by atoms with Crippen molar-refractivity contribution in [2.75, 3.05) is 5.73 Å². The Morgan fingerprint density at radius 2 is 2.15 bits per heavy atom. The number of nitrogens with zero attached hydrogens (tertiary/aromatic N) is 1. The molecule has 2 N–H and O–H groups in total. The first-order valence-corrected chi connectivity index (χ1v) is 4.26. The zero-order chi connectivity index (χ0) is 10.0. The van der Waals surface area contributed by atoms with Gasteiger partial charge in [-0.25, -0.2) is 13.8 Å². The fourth-order valence-electron chi connectivity index (χ4n) is 0.844. The molecule has 0 radical (unpaired) electrons. The molecule has 0 aliphatic heterocycles. The highest BCUT2D eigenvalue weighted by Crippen LogP contribution is 2.30. The van der Waals surface area contributed by atoms with Gasteiger partial charge in [0, 0.05) is 5.56 Å². The molecule has 0 saturated heterocycles. The highest BCUT2D eigenvalue weighted by molar-refractivity contribution is 6.32. The Morgan fingerprint density at radius 1 is 1.54 bits per heavy atom. The molecule has 1 aromatic rings. The van der Waals surface area contributed by atoms with Crippen molar-refractivity contribution in [2.45, 2.75) is 12.3 Å². The van der Waals surface area contributed by atoms with Gasteiger partial charge in [0.2, 0.25) is 0 Å². The van der Waals surface area contributed by atoms with Crippen molar-refractivity contribution >= 4 is 28.9 Å². The number of nitrogen functional groups attached to an aromatic ring is 1. The summed E-state index contributed by atoms with van der Waals surface area (Å²) in [6.07, 6.45) is -2.66. The molecular weight excluding hydrogens is 221 g/mol. The molecule has 0 atom stereocenters. The monoisotopic (exact) mass is 226 g/mol. The molecule has 0 aliphatic rings. The van der Waals surface area contributed by atoms with E-state index in [1.165, 1.54) is 0 Å². The minimum atomic E-state index is -2.66. The lowest BCUT2D eigenvalue weighted by atomic mass is 10.2. The van der Waals surface area contributed by atoms with Crippen LogP contribution < -0.4 is 5.73 Å². The summed E-state index contributed by atoms with van der Waals surface area (Å²) in [5, 5.41) is -0.131. The van der Waals surface area contributed by atoms with Crippen molar-refractivity contribution in [1.82, 2.24) is 4.98 Å². The van der Waals surface area contributed by atoms with E-state index in [-0.39, 0.29) is 28.0 Å². The molecular formula is C7H6Cl2F2N2. The van der Waals surface area contributed by atoms with E-state index < -0.39 is 6.43 Å².